The Bertz CT molecular complexity index is 616. The Hall–Kier alpha value is -2.39. The summed E-state index contributed by atoms with van der Waals surface area (Å²) in [5.74, 6) is 0. The maximum absolute atomic E-state index is 10.7. The molecule has 0 bridgehead atoms. The van der Waals surface area contributed by atoms with Crippen LogP contribution in [0.5, 0.6) is 0 Å². The number of piperidine rings is 1. The minimum absolute atomic E-state index is 0.478. The molecule has 0 spiro atoms. The van der Waals surface area contributed by atoms with E-state index in [2.05, 4.69) is 26.4 Å². The van der Waals surface area contributed by atoms with E-state index in [1.165, 1.54) is 0 Å². The molecule has 1 atom stereocenters. The van der Waals surface area contributed by atoms with Crippen molar-refractivity contribution in [2.75, 3.05) is 18.0 Å². The summed E-state index contributed by atoms with van der Waals surface area (Å²) in [7, 11) is 0. The van der Waals surface area contributed by atoms with E-state index in [4.69, 9.17) is 5.26 Å². The van der Waals surface area contributed by atoms with Crippen LogP contribution < -0.4 is 4.90 Å². The highest BCUT2D eigenvalue weighted by Crippen LogP contribution is 2.32. The molecule has 0 radical (unpaired) electrons. The lowest BCUT2D eigenvalue weighted by molar-refractivity contribution is 0.0177. The van der Waals surface area contributed by atoms with Crippen LogP contribution in [0.15, 0.2) is 30.5 Å². The third kappa shape index (κ3) is 2.24. The smallest absolute Gasteiger partial charge is 0.127 e. The van der Waals surface area contributed by atoms with E-state index in [9.17, 15) is 5.11 Å². The lowest BCUT2D eigenvalue weighted by Gasteiger charge is -2.39. The highest BCUT2D eigenvalue weighted by Gasteiger charge is 2.37. The number of nitrogens with one attached hydrogen (secondary N) is 1. The van der Waals surface area contributed by atoms with Gasteiger partial charge in [0, 0.05) is 12.2 Å². The van der Waals surface area contributed by atoms with Crippen molar-refractivity contribution in [3.05, 3.63) is 41.7 Å². The molecule has 102 valence electrons. The van der Waals surface area contributed by atoms with Crippen molar-refractivity contribution >= 4 is 5.69 Å². The van der Waals surface area contributed by atoms with Gasteiger partial charge in [0.2, 0.25) is 0 Å². The van der Waals surface area contributed by atoms with E-state index in [0.717, 1.165) is 18.7 Å². The van der Waals surface area contributed by atoms with Crippen LogP contribution in [0.4, 0.5) is 5.69 Å². The van der Waals surface area contributed by atoms with Gasteiger partial charge in [-0.05, 0) is 37.1 Å². The van der Waals surface area contributed by atoms with Gasteiger partial charge in [-0.1, -0.05) is 0 Å². The molecule has 0 saturated carbocycles. The van der Waals surface area contributed by atoms with E-state index >= 15 is 0 Å². The number of H-pyrrole nitrogens is 1. The fraction of sp³-hybridized carbons (Fsp3) is 0.357. The molecular weight excluding hydrogens is 254 g/mol. The largest absolute Gasteiger partial charge is 0.382 e. The number of aromatic nitrogens is 3. The molecular formula is C14H15N5O. The number of anilines is 1. The predicted octanol–water partition coefficient (Wildman–Crippen LogP) is 1.16. The van der Waals surface area contributed by atoms with Crippen molar-refractivity contribution in [3.8, 4) is 6.07 Å². The summed E-state index contributed by atoms with van der Waals surface area (Å²) in [6.45, 7) is 1.36. The number of β-amino-alcohol motifs (C(OH)–C–C–N with tert-alkyl or cyclic N) is 1. The van der Waals surface area contributed by atoms with Crippen LogP contribution in [0.2, 0.25) is 0 Å². The van der Waals surface area contributed by atoms with E-state index in [0.29, 0.717) is 24.2 Å². The summed E-state index contributed by atoms with van der Waals surface area (Å²) in [6, 6.07) is 9.51. The average Bonchev–Trinajstić information content (AvgIpc) is 3.02. The number of nitrogens with zero attached hydrogens (tertiary/aromatic N) is 4. The summed E-state index contributed by atoms with van der Waals surface area (Å²) in [5, 5.41) is 29.9. The third-order valence-corrected chi connectivity index (χ3v) is 3.72. The molecule has 3 rings (SSSR count). The van der Waals surface area contributed by atoms with Gasteiger partial charge in [0.15, 0.2) is 0 Å². The SMILES string of the molecule is N#Cc1ccc(N2CCCC(O)(c3cn[nH]n3)C2)cc1. The number of hydrogen-bond donors (Lipinski definition) is 2. The van der Waals surface area contributed by atoms with Crippen molar-refractivity contribution in [1.29, 1.82) is 5.26 Å². The second-order valence-corrected chi connectivity index (χ2v) is 5.07. The van der Waals surface area contributed by atoms with Crippen LogP contribution in [0, 0.1) is 11.3 Å². The molecule has 1 aromatic carbocycles. The Morgan fingerprint density at radius 1 is 1.35 bits per heavy atom. The zero-order valence-electron chi connectivity index (χ0n) is 11.0. The summed E-state index contributed by atoms with van der Waals surface area (Å²) < 4.78 is 0. The van der Waals surface area contributed by atoms with Crippen LogP contribution in [0.25, 0.3) is 0 Å². The van der Waals surface area contributed by atoms with Crippen molar-refractivity contribution in [2.45, 2.75) is 18.4 Å². The normalized spacial score (nSPS) is 22.5. The lowest BCUT2D eigenvalue weighted by atomic mass is 9.89. The Labute approximate surface area is 116 Å². The summed E-state index contributed by atoms with van der Waals surface area (Å²) in [5.41, 5.74) is 1.25. The Kier molecular flexibility index (Phi) is 3.12. The molecule has 20 heavy (non-hydrogen) atoms. The molecule has 0 aliphatic carbocycles. The first kappa shape index (κ1) is 12.6. The summed E-state index contributed by atoms with van der Waals surface area (Å²) >= 11 is 0. The average molecular weight is 269 g/mol. The minimum Gasteiger partial charge on any atom is -0.382 e. The fourth-order valence-corrected chi connectivity index (χ4v) is 2.64. The second kappa shape index (κ2) is 4.94. The first-order valence-corrected chi connectivity index (χ1v) is 6.55. The standard InChI is InChI=1S/C14H15N5O/c15-8-11-2-4-12(5-3-11)19-7-1-6-14(20,10-19)13-9-16-18-17-13/h2-5,9,20H,1,6-7,10H2,(H,16,17,18). The van der Waals surface area contributed by atoms with Crippen LogP contribution in [0.3, 0.4) is 0 Å². The van der Waals surface area contributed by atoms with Crippen molar-refractivity contribution in [2.24, 2.45) is 0 Å². The van der Waals surface area contributed by atoms with Gasteiger partial charge in [0.1, 0.15) is 11.3 Å². The molecule has 1 saturated heterocycles. The molecule has 1 aliphatic rings. The molecule has 1 unspecified atom stereocenters. The number of aromatic amines is 1. The molecule has 6 nitrogen and oxygen atoms in total. The minimum atomic E-state index is -0.973. The number of nitriles is 1. The van der Waals surface area contributed by atoms with Gasteiger partial charge in [-0.15, -0.1) is 0 Å². The van der Waals surface area contributed by atoms with E-state index in [-0.39, 0.29) is 0 Å². The van der Waals surface area contributed by atoms with Gasteiger partial charge in [0.05, 0.1) is 24.4 Å². The van der Waals surface area contributed by atoms with Gasteiger partial charge in [-0.25, -0.2) is 0 Å². The molecule has 2 heterocycles. The zero-order valence-corrected chi connectivity index (χ0v) is 11.0. The van der Waals surface area contributed by atoms with E-state index in [1.807, 2.05) is 12.1 Å². The molecule has 2 N–H and O–H groups in total. The van der Waals surface area contributed by atoms with Gasteiger partial charge in [-0.2, -0.15) is 20.7 Å². The third-order valence-electron chi connectivity index (χ3n) is 3.72. The first-order chi connectivity index (χ1) is 9.71. The quantitative estimate of drug-likeness (QED) is 0.854. The summed E-state index contributed by atoms with van der Waals surface area (Å²) in [4.78, 5) is 2.11. The van der Waals surface area contributed by atoms with Crippen molar-refractivity contribution in [3.63, 3.8) is 0 Å². The number of hydrogen-bond acceptors (Lipinski definition) is 5. The fourth-order valence-electron chi connectivity index (χ4n) is 2.64. The molecule has 1 aromatic heterocycles. The van der Waals surface area contributed by atoms with Gasteiger partial charge in [0.25, 0.3) is 0 Å². The van der Waals surface area contributed by atoms with Crippen LogP contribution >= 0.6 is 0 Å². The number of rotatable bonds is 2. The van der Waals surface area contributed by atoms with Gasteiger partial charge < -0.3 is 10.0 Å². The topological polar surface area (TPSA) is 88.8 Å². The molecule has 1 aliphatic heterocycles. The maximum Gasteiger partial charge on any atom is 0.127 e. The second-order valence-electron chi connectivity index (χ2n) is 5.07. The van der Waals surface area contributed by atoms with E-state index < -0.39 is 5.60 Å². The Balaban J connectivity index is 1.83. The first-order valence-electron chi connectivity index (χ1n) is 6.55. The van der Waals surface area contributed by atoms with E-state index in [1.54, 1.807) is 18.3 Å². The van der Waals surface area contributed by atoms with Crippen molar-refractivity contribution in [1.82, 2.24) is 15.4 Å². The van der Waals surface area contributed by atoms with Crippen LogP contribution in [0.1, 0.15) is 24.1 Å². The van der Waals surface area contributed by atoms with Crippen molar-refractivity contribution < 1.29 is 5.11 Å². The monoisotopic (exact) mass is 269 g/mol. The maximum atomic E-state index is 10.7. The van der Waals surface area contributed by atoms with Gasteiger partial charge >= 0.3 is 0 Å². The molecule has 0 amide bonds. The number of benzene rings is 1. The highest BCUT2D eigenvalue weighted by molar-refractivity contribution is 5.50. The van der Waals surface area contributed by atoms with Gasteiger partial charge in [-0.3, -0.25) is 0 Å². The van der Waals surface area contributed by atoms with Crippen LogP contribution in [-0.4, -0.2) is 33.6 Å². The molecule has 6 heteroatoms. The highest BCUT2D eigenvalue weighted by atomic mass is 16.3. The lowest BCUT2D eigenvalue weighted by Crippen LogP contribution is -2.46. The Morgan fingerprint density at radius 3 is 2.80 bits per heavy atom. The Morgan fingerprint density at radius 2 is 2.15 bits per heavy atom. The predicted molar refractivity (Wildman–Crippen MR) is 72.9 cm³/mol. The number of aliphatic hydroxyl groups is 1. The molecule has 1 fully saturated rings. The van der Waals surface area contributed by atoms with Crippen LogP contribution in [-0.2, 0) is 5.60 Å². The zero-order chi connectivity index (χ0) is 14.0. The molecule has 2 aromatic rings. The summed E-state index contributed by atoms with van der Waals surface area (Å²) in [6.07, 6.45) is 3.12.